The lowest BCUT2D eigenvalue weighted by Crippen LogP contribution is -2.16. The Bertz CT molecular complexity index is 739. The van der Waals surface area contributed by atoms with Crippen molar-refractivity contribution < 1.29 is 8.42 Å². The smallest absolute Gasteiger partial charge is 0.263 e. The predicted molar refractivity (Wildman–Crippen MR) is 83.9 cm³/mol. The topological polar surface area (TPSA) is 72.2 Å². The molecule has 2 rings (SSSR count). The zero-order valence-electron chi connectivity index (χ0n) is 11.1. The quantitative estimate of drug-likeness (QED) is 0.903. The second kappa shape index (κ2) is 5.73. The summed E-state index contributed by atoms with van der Waals surface area (Å²) in [4.78, 5) is 0.916. The molecule has 4 nitrogen and oxygen atoms in total. The van der Waals surface area contributed by atoms with Gasteiger partial charge in [-0.2, -0.15) is 0 Å². The van der Waals surface area contributed by atoms with Crippen molar-refractivity contribution in [2.45, 2.75) is 25.3 Å². The summed E-state index contributed by atoms with van der Waals surface area (Å²) in [5, 5.41) is 2.27. The number of nitrogens with two attached hydrogens (primary N) is 1. The summed E-state index contributed by atoms with van der Waals surface area (Å²) in [6.45, 7) is 3.77. The molecule has 1 aromatic carbocycles. The van der Waals surface area contributed by atoms with Crippen molar-refractivity contribution in [2.75, 3.05) is 4.72 Å². The van der Waals surface area contributed by atoms with E-state index in [9.17, 15) is 8.42 Å². The SMILES string of the molecule is Cc1ccc(Cl)cc1NS(=O)(=O)c1c(C)csc1CN. The van der Waals surface area contributed by atoms with E-state index in [1.807, 2.05) is 6.92 Å². The molecule has 1 heterocycles. The fourth-order valence-corrected chi connectivity index (χ4v) is 4.89. The van der Waals surface area contributed by atoms with E-state index in [4.69, 9.17) is 17.3 Å². The molecule has 108 valence electrons. The largest absolute Gasteiger partial charge is 0.326 e. The Kier molecular flexibility index (Phi) is 4.39. The van der Waals surface area contributed by atoms with Crippen molar-refractivity contribution in [2.24, 2.45) is 5.73 Å². The van der Waals surface area contributed by atoms with Gasteiger partial charge in [0.2, 0.25) is 0 Å². The minimum absolute atomic E-state index is 0.198. The highest BCUT2D eigenvalue weighted by Gasteiger charge is 2.23. The highest BCUT2D eigenvalue weighted by atomic mass is 35.5. The molecule has 0 saturated carbocycles. The van der Waals surface area contributed by atoms with Gasteiger partial charge in [0.1, 0.15) is 4.90 Å². The van der Waals surface area contributed by atoms with Crippen LogP contribution in [-0.2, 0) is 16.6 Å². The molecule has 7 heteroatoms. The van der Waals surface area contributed by atoms with Crippen LogP contribution in [0.25, 0.3) is 0 Å². The van der Waals surface area contributed by atoms with E-state index in [2.05, 4.69) is 4.72 Å². The van der Waals surface area contributed by atoms with Crippen LogP contribution >= 0.6 is 22.9 Å². The van der Waals surface area contributed by atoms with E-state index in [0.717, 1.165) is 5.56 Å². The van der Waals surface area contributed by atoms with Gasteiger partial charge in [-0.1, -0.05) is 17.7 Å². The molecule has 0 unspecified atom stereocenters. The van der Waals surface area contributed by atoms with E-state index in [1.165, 1.54) is 11.3 Å². The first-order valence-corrected chi connectivity index (χ1v) is 8.65. The van der Waals surface area contributed by atoms with Crippen LogP contribution in [0.15, 0.2) is 28.5 Å². The summed E-state index contributed by atoms with van der Waals surface area (Å²) in [7, 11) is -3.66. The molecular weight excluding hydrogens is 316 g/mol. The molecule has 3 N–H and O–H groups in total. The molecule has 0 bridgehead atoms. The van der Waals surface area contributed by atoms with Gasteiger partial charge in [0.25, 0.3) is 10.0 Å². The zero-order valence-corrected chi connectivity index (χ0v) is 13.5. The summed E-state index contributed by atoms with van der Waals surface area (Å²) < 4.78 is 27.6. The molecular formula is C13H15ClN2O2S2. The van der Waals surface area contributed by atoms with Crippen LogP contribution in [0.5, 0.6) is 0 Å². The number of hydrogen-bond acceptors (Lipinski definition) is 4. The van der Waals surface area contributed by atoms with Gasteiger partial charge >= 0.3 is 0 Å². The minimum Gasteiger partial charge on any atom is -0.326 e. The summed E-state index contributed by atoms with van der Waals surface area (Å²) in [5.41, 5.74) is 7.59. The summed E-state index contributed by atoms with van der Waals surface area (Å²) in [5.74, 6) is 0. The number of benzene rings is 1. The normalized spacial score (nSPS) is 11.6. The lowest BCUT2D eigenvalue weighted by Gasteiger charge is -2.12. The van der Waals surface area contributed by atoms with E-state index >= 15 is 0 Å². The van der Waals surface area contributed by atoms with Gasteiger partial charge in [-0.15, -0.1) is 11.3 Å². The van der Waals surface area contributed by atoms with Crippen molar-refractivity contribution in [3.05, 3.63) is 44.6 Å². The molecule has 0 aliphatic rings. The molecule has 0 fully saturated rings. The maximum atomic E-state index is 12.5. The second-order valence-corrected chi connectivity index (χ2v) is 7.46. The van der Waals surface area contributed by atoms with Crippen LogP contribution in [-0.4, -0.2) is 8.42 Å². The monoisotopic (exact) mass is 330 g/mol. The number of hydrogen-bond donors (Lipinski definition) is 2. The molecule has 0 saturated heterocycles. The Balaban J connectivity index is 2.46. The van der Waals surface area contributed by atoms with Gasteiger partial charge in [0.05, 0.1) is 5.69 Å². The number of halogens is 1. The number of rotatable bonds is 4. The third kappa shape index (κ3) is 2.98. The maximum Gasteiger partial charge on any atom is 0.263 e. The van der Waals surface area contributed by atoms with E-state index in [1.54, 1.807) is 30.5 Å². The molecule has 0 aliphatic heterocycles. The second-order valence-electron chi connectivity index (χ2n) is 4.44. The van der Waals surface area contributed by atoms with Crippen molar-refractivity contribution >= 4 is 38.6 Å². The van der Waals surface area contributed by atoms with Crippen LogP contribution < -0.4 is 10.5 Å². The summed E-state index contributed by atoms with van der Waals surface area (Å²) >= 11 is 7.26. The van der Waals surface area contributed by atoms with E-state index in [-0.39, 0.29) is 11.4 Å². The summed E-state index contributed by atoms with van der Waals surface area (Å²) in [6, 6.07) is 5.08. The van der Waals surface area contributed by atoms with Crippen molar-refractivity contribution in [3.63, 3.8) is 0 Å². The van der Waals surface area contributed by atoms with Crippen molar-refractivity contribution in [3.8, 4) is 0 Å². The fourth-order valence-electron chi connectivity index (χ4n) is 1.89. The Labute approximate surface area is 127 Å². The van der Waals surface area contributed by atoms with Gasteiger partial charge in [-0.3, -0.25) is 4.72 Å². The Morgan fingerprint density at radius 2 is 2.00 bits per heavy atom. The average molecular weight is 331 g/mol. The molecule has 0 amide bonds. The predicted octanol–water partition coefficient (Wildman–Crippen LogP) is 3.28. The Hall–Kier alpha value is -1.08. The van der Waals surface area contributed by atoms with Gasteiger partial charge in [-0.05, 0) is 42.5 Å². The maximum absolute atomic E-state index is 12.5. The van der Waals surface area contributed by atoms with Crippen LogP contribution in [0.2, 0.25) is 5.02 Å². The third-order valence-corrected chi connectivity index (χ3v) is 5.97. The first-order chi connectivity index (χ1) is 9.35. The van der Waals surface area contributed by atoms with Gasteiger partial charge in [0, 0.05) is 16.4 Å². The standard InChI is InChI=1S/C13H15ClN2O2S2/c1-8-3-4-10(14)5-11(8)16-20(17,18)13-9(2)7-19-12(13)6-15/h3-5,7,16H,6,15H2,1-2H3. The van der Waals surface area contributed by atoms with Crippen molar-refractivity contribution in [1.82, 2.24) is 0 Å². The van der Waals surface area contributed by atoms with Crippen molar-refractivity contribution in [1.29, 1.82) is 0 Å². The Morgan fingerprint density at radius 3 is 2.65 bits per heavy atom. The van der Waals surface area contributed by atoms with Gasteiger partial charge in [0.15, 0.2) is 0 Å². The first-order valence-electron chi connectivity index (χ1n) is 5.91. The number of nitrogens with one attached hydrogen (secondary N) is 1. The molecule has 1 aromatic heterocycles. The lowest BCUT2D eigenvalue weighted by atomic mass is 10.2. The number of sulfonamides is 1. The highest BCUT2D eigenvalue weighted by Crippen LogP contribution is 2.29. The lowest BCUT2D eigenvalue weighted by molar-refractivity contribution is 0.600. The molecule has 0 spiro atoms. The van der Waals surface area contributed by atoms with Crippen LogP contribution in [0.1, 0.15) is 16.0 Å². The number of anilines is 1. The minimum atomic E-state index is -3.66. The highest BCUT2D eigenvalue weighted by molar-refractivity contribution is 7.93. The molecule has 0 aliphatic carbocycles. The Morgan fingerprint density at radius 1 is 1.30 bits per heavy atom. The van der Waals surface area contributed by atoms with E-state index < -0.39 is 10.0 Å². The van der Waals surface area contributed by atoms with Crippen LogP contribution in [0.3, 0.4) is 0 Å². The average Bonchev–Trinajstić information content (AvgIpc) is 2.75. The molecule has 0 atom stereocenters. The molecule has 20 heavy (non-hydrogen) atoms. The van der Waals surface area contributed by atoms with Crippen LogP contribution in [0, 0.1) is 13.8 Å². The van der Waals surface area contributed by atoms with Gasteiger partial charge < -0.3 is 5.73 Å². The van der Waals surface area contributed by atoms with Crippen LogP contribution in [0.4, 0.5) is 5.69 Å². The third-order valence-electron chi connectivity index (χ3n) is 2.89. The van der Waals surface area contributed by atoms with E-state index in [0.29, 0.717) is 21.2 Å². The molecule has 2 aromatic rings. The molecule has 0 radical (unpaired) electrons. The number of aryl methyl sites for hydroxylation is 2. The van der Waals surface area contributed by atoms with Gasteiger partial charge in [-0.25, -0.2) is 8.42 Å². The summed E-state index contributed by atoms with van der Waals surface area (Å²) in [6.07, 6.45) is 0. The zero-order chi connectivity index (χ0) is 14.9. The fraction of sp³-hybridized carbons (Fsp3) is 0.231. The number of thiophene rings is 1. The first kappa shape index (κ1) is 15.3.